The van der Waals surface area contributed by atoms with Crippen LogP contribution in [0.5, 0.6) is 5.88 Å². The molecule has 4 rings (SSSR count). The topological polar surface area (TPSA) is 86.4 Å². The quantitative estimate of drug-likeness (QED) is 0.492. The number of carbonyl (C=O) groups is 1. The van der Waals surface area contributed by atoms with E-state index in [4.69, 9.17) is 21.4 Å². The number of aryl methyl sites for hydroxylation is 1. The highest BCUT2D eigenvalue weighted by atomic mass is 35.5. The van der Waals surface area contributed by atoms with E-state index in [9.17, 15) is 18.4 Å². The number of aromatic nitrogens is 3. The van der Waals surface area contributed by atoms with Gasteiger partial charge in [-0.15, -0.1) is 0 Å². The van der Waals surface area contributed by atoms with E-state index < -0.39 is 29.7 Å². The predicted octanol–water partition coefficient (Wildman–Crippen LogP) is 3.64. The van der Waals surface area contributed by atoms with Gasteiger partial charge < -0.3 is 9.84 Å². The Labute approximate surface area is 185 Å². The van der Waals surface area contributed by atoms with Crippen molar-refractivity contribution in [3.63, 3.8) is 0 Å². The first kappa shape index (κ1) is 21.7. The maximum absolute atomic E-state index is 13.8. The van der Waals surface area contributed by atoms with Gasteiger partial charge in [-0.1, -0.05) is 11.6 Å². The Kier molecular flexibility index (Phi) is 5.77. The van der Waals surface area contributed by atoms with E-state index >= 15 is 0 Å². The number of rotatable bonds is 5. The van der Waals surface area contributed by atoms with Crippen molar-refractivity contribution < 1.29 is 23.4 Å². The largest absolute Gasteiger partial charge is 0.471 e. The third kappa shape index (κ3) is 3.88. The molecule has 0 atom stereocenters. The second-order valence-electron chi connectivity index (χ2n) is 6.92. The summed E-state index contributed by atoms with van der Waals surface area (Å²) in [6, 6.07) is 9.67. The van der Waals surface area contributed by atoms with Crippen LogP contribution in [0.3, 0.4) is 0 Å². The molecule has 0 spiro atoms. The molecule has 0 saturated carbocycles. The number of hydrogen-bond donors (Lipinski definition) is 1. The number of hydrogen-bond acceptors (Lipinski definition) is 5. The fraction of sp³-hybridized carbons (Fsp3) is 0.136. The third-order valence-corrected chi connectivity index (χ3v) is 5.20. The summed E-state index contributed by atoms with van der Waals surface area (Å²) in [6.45, 7) is 0.653. The van der Waals surface area contributed by atoms with Crippen molar-refractivity contribution in [2.24, 2.45) is 0 Å². The molecule has 7 nitrogen and oxygen atoms in total. The minimum Gasteiger partial charge on any atom is -0.471 e. The Morgan fingerprint density at radius 3 is 2.69 bits per heavy atom. The van der Waals surface area contributed by atoms with Gasteiger partial charge in [0.25, 0.3) is 11.5 Å². The summed E-state index contributed by atoms with van der Waals surface area (Å²) in [5.41, 5.74) is 0.510. The molecule has 0 aliphatic heterocycles. The van der Waals surface area contributed by atoms with Crippen LogP contribution < -0.4 is 10.3 Å². The molecule has 0 unspecified atom stereocenters. The van der Waals surface area contributed by atoms with Gasteiger partial charge in [0.1, 0.15) is 30.7 Å². The van der Waals surface area contributed by atoms with Crippen LogP contribution in [0, 0.1) is 18.6 Å². The van der Waals surface area contributed by atoms with E-state index in [-0.39, 0.29) is 28.9 Å². The number of halogens is 3. The average Bonchev–Trinajstić information content (AvgIpc) is 3.19. The van der Waals surface area contributed by atoms with Gasteiger partial charge in [0.05, 0.1) is 11.2 Å². The van der Waals surface area contributed by atoms with Crippen molar-refractivity contribution >= 4 is 28.4 Å². The second kappa shape index (κ2) is 8.52. The summed E-state index contributed by atoms with van der Waals surface area (Å²) in [5, 5.41) is 9.45. The van der Waals surface area contributed by atoms with Crippen LogP contribution in [-0.4, -0.2) is 31.7 Å². The Balaban J connectivity index is 1.68. The molecule has 1 N–H and O–H groups in total. The smallest absolute Gasteiger partial charge is 0.280 e. The highest BCUT2D eigenvalue weighted by molar-refractivity contribution is 6.31. The predicted molar refractivity (Wildman–Crippen MR) is 113 cm³/mol. The molecular formula is C22H16ClF2N3O4. The number of ether oxygens (including phenoxy) is 1. The monoisotopic (exact) mass is 459 g/mol. The Morgan fingerprint density at radius 2 is 1.97 bits per heavy atom. The first-order chi connectivity index (χ1) is 15.3. The van der Waals surface area contributed by atoms with Crippen LogP contribution in [-0.2, 0) is 6.61 Å². The zero-order chi connectivity index (χ0) is 23.0. The van der Waals surface area contributed by atoms with Crippen LogP contribution in [0.1, 0.15) is 16.2 Å². The van der Waals surface area contributed by atoms with Crippen molar-refractivity contribution in [2.45, 2.75) is 13.5 Å². The maximum Gasteiger partial charge on any atom is 0.280 e. The molecule has 0 bridgehead atoms. The molecule has 0 amide bonds. The summed E-state index contributed by atoms with van der Waals surface area (Å²) in [7, 11) is 0. The van der Waals surface area contributed by atoms with Gasteiger partial charge in [0.2, 0.25) is 5.88 Å². The molecular weight excluding hydrogens is 444 g/mol. The molecule has 0 fully saturated rings. The van der Waals surface area contributed by atoms with Crippen LogP contribution >= 0.6 is 11.6 Å². The SMILES string of the molecule is Cc1nc(OCc2ccc(F)cc2F)c(Cl)c(=O)n1-c1ccc2c(ccn2C(=O)CO)c1. The lowest BCUT2D eigenvalue weighted by Crippen LogP contribution is -2.23. The minimum atomic E-state index is -0.786. The van der Waals surface area contributed by atoms with E-state index in [0.29, 0.717) is 16.6 Å². The summed E-state index contributed by atoms with van der Waals surface area (Å²) in [4.78, 5) is 29.0. The zero-order valence-electron chi connectivity index (χ0n) is 16.7. The van der Waals surface area contributed by atoms with Crippen molar-refractivity contribution in [3.8, 4) is 11.6 Å². The number of aliphatic hydroxyl groups is 1. The van der Waals surface area contributed by atoms with Gasteiger partial charge in [-0.25, -0.2) is 8.78 Å². The van der Waals surface area contributed by atoms with Gasteiger partial charge in [0.15, 0.2) is 5.02 Å². The minimum absolute atomic E-state index is 0.0819. The number of nitrogens with zero attached hydrogens (tertiary/aromatic N) is 3. The molecule has 32 heavy (non-hydrogen) atoms. The lowest BCUT2D eigenvalue weighted by Gasteiger charge is -2.14. The Hall–Kier alpha value is -3.56. The normalized spacial score (nSPS) is 11.2. The van der Waals surface area contributed by atoms with E-state index in [1.54, 1.807) is 31.2 Å². The molecule has 4 aromatic rings. The first-order valence-electron chi connectivity index (χ1n) is 9.41. The van der Waals surface area contributed by atoms with E-state index in [1.165, 1.54) is 21.4 Å². The highest BCUT2D eigenvalue weighted by Crippen LogP contribution is 2.24. The third-order valence-electron chi connectivity index (χ3n) is 4.88. The highest BCUT2D eigenvalue weighted by Gasteiger charge is 2.17. The van der Waals surface area contributed by atoms with Gasteiger partial charge in [-0.2, -0.15) is 4.98 Å². The molecule has 164 valence electrons. The summed E-state index contributed by atoms with van der Waals surface area (Å²) >= 11 is 6.18. The Bertz CT molecular complexity index is 1410. The number of fused-ring (bicyclic) bond motifs is 1. The molecule has 2 heterocycles. The average molecular weight is 460 g/mol. The number of benzene rings is 2. The van der Waals surface area contributed by atoms with Crippen LogP contribution in [0.25, 0.3) is 16.6 Å². The van der Waals surface area contributed by atoms with Crippen molar-refractivity contribution in [3.05, 3.63) is 87.1 Å². The van der Waals surface area contributed by atoms with E-state index in [1.807, 2.05) is 0 Å². The lowest BCUT2D eigenvalue weighted by molar-refractivity contribution is 0.0824. The second-order valence-corrected chi connectivity index (χ2v) is 7.30. The molecule has 0 radical (unpaired) electrons. The van der Waals surface area contributed by atoms with Crippen molar-refractivity contribution in [2.75, 3.05) is 6.61 Å². The van der Waals surface area contributed by atoms with Crippen LogP contribution in [0.15, 0.2) is 53.5 Å². The molecule has 0 saturated heterocycles. The van der Waals surface area contributed by atoms with Gasteiger partial charge in [0, 0.05) is 23.2 Å². The Morgan fingerprint density at radius 1 is 1.19 bits per heavy atom. The van der Waals surface area contributed by atoms with Gasteiger partial charge >= 0.3 is 0 Å². The molecule has 2 aromatic carbocycles. The summed E-state index contributed by atoms with van der Waals surface area (Å²) in [5.74, 6) is -1.89. The van der Waals surface area contributed by atoms with Crippen molar-refractivity contribution in [1.29, 1.82) is 0 Å². The molecule has 10 heteroatoms. The van der Waals surface area contributed by atoms with Crippen LogP contribution in [0.2, 0.25) is 5.02 Å². The fourth-order valence-electron chi connectivity index (χ4n) is 3.33. The molecule has 0 aliphatic carbocycles. The lowest BCUT2D eigenvalue weighted by atomic mass is 10.2. The number of carbonyl (C=O) groups excluding carboxylic acids is 1. The van der Waals surface area contributed by atoms with Crippen molar-refractivity contribution in [1.82, 2.24) is 14.1 Å². The van der Waals surface area contributed by atoms with Gasteiger partial charge in [-0.3, -0.25) is 18.7 Å². The zero-order valence-corrected chi connectivity index (χ0v) is 17.4. The summed E-state index contributed by atoms with van der Waals surface area (Å²) < 4.78 is 34.9. The first-order valence-corrected chi connectivity index (χ1v) is 9.79. The molecule has 2 aromatic heterocycles. The van der Waals surface area contributed by atoms with E-state index in [2.05, 4.69) is 4.98 Å². The standard InChI is InChI=1S/C22H16ClF2N3O4/c1-12-26-21(32-11-14-2-3-15(24)9-17(14)25)20(23)22(31)28(12)16-4-5-18-13(8-16)6-7-27(18)19(30)10-29/h2-9,29H,10-11H2,1H3. The molecule has 0 aliphatic rings. The van der Waals surface area contributed by atoms with E-state index in [0.717, 1.165) is 12.1 Å². The maximum atomic E-state index is 13.8. The van der Waals surface area contributed by atoms with Gasteiger partial charge in [-0.05, 0) is 43.3 Å². The van der Waals surface area contributed by atoms with Crippen LogP contribution in [0.4, 0.5) is 8.78 Å². The summed E-state index contributed by atoms with van der Waals surface area (Å²) in [6.07, 6.45) is 1.53. The number of aliphatic hydroxyl groups excluding tert-OH is 1. The fourth-order valence-corrected chi connectivity index (χ4v) is 3.51.